The first-order chi connectivity index (χ1) is 10.9. The Bertz CT molecular complexity index is 848. The van der Waals surface area contributed by atoms with E-state index in [-0.39, 0.29) is 5.41 Å². The molecule has 2 heteroatoms. The molecule has 0 spiro atoms. The second-order valence-corrected chi connectivity index (χ2v) is 7.09. The fourth-order valence-corrected chi connectivity index (χ4v) is 2.97. The summed E-state index contributed by atoms with van der Waals surface area (Å²) in [6.45, 7) is 8.73. The van der Waals surface area contributed by atoms with E-state index in [1.54, 1.807) is 0 Å². The first-order valence-electron chi connectivity index (χ1n) is 8.14. The van der Waals surface area contributed by atoms with Gasteiger partial charge in [-0.15, -0.1) is 0 Å². The van der Waals surface area contributed by atoms with Gasteiger partial charge in [-0.25, -0.2) is 0 Å². The number of H-pyrrole nitrogens is 1. The lowest BCUT2D eigenvalue weighted by Crippen LogP contribution is -2.10. The fourth-order valence-electron chi connectivity index (χ4n) is 2.97. The SMILES string of the molecule is CCc1ccc2[nH]c(-c3ccc(C(C)(C)C)cc3)c(C=O)c2c1. The molecular formula is C21H23NO. The normalized spacial score (nSPS) is 11.8. The number of aromatic amines is 1. The molecule has 3 aromatic rings. The molecule has 23 heavy (non-hydrogen) atoms. The van der Waals surface area contributed by atoms with Crippen molar-refractivity contribution >= 4 is 17.2 Å². The second-order valence-electron chi connectivity index (χ2n) is 7.09. The zero-order valence-corrected chi connectivity index (χ0v) is 14.2. The highest BCUT2D eigenvalue weighted by molar-refractivity contribution is 6.04. The van der Waals surface area contributed by atoms with Crippen molar-refractivity contribution in [1.29, 1.82) is 0 Å². The van der Waals surface area contributed by atoms with Crippen molar-refractivity contribution in [2.24, 2.45) is 0 Å². The van der Waals surface area contributed by atoms with Crippen molar-refractivity contribution in [3.63, 3.8) is 0 Å². The van der Waals surface area contributed by atoms with Gasteiger partial charge in [0.05, 0.1) is 5.69 Å². The third kappa shape index (κ3) is 2.81. The maximum atomic E-state index is 11.7. The van der Waals surface area contributed by atoms with Crippen LogP contribution >= 0.6 is 0 Å². The summed E-state index contributed by atoms with van der Waals surface area (Å²) in [5, 5.41) is 1.01. The molecule has 0 aliphatic carbocycles. The number of aromatic nitrogens is 1. The number of rotatable bonds is 3. The first-order valence-corrected chi connectivity index (χ1v) is 8.14. The highest BCUT2D eigenvalue weighted by Gasteiger charge is 2.16. The topological polar surface area (TPSA) is 32.9 Å². The molecule has 0 saturated carbocycles. The summed E-state index contributed by atoms with van der Waals surface area (Å²) in [6, 6.07) is 14.8. The average Bonchev–Trinajstić information content (AvgIpc) is 2.91. The Labute approximate surface area is 137 Å². The van der Waals surface area contributed by atoms with E-state index in [9.17, 15) is 4.79 Å². The Morgan fingerprint density at radius 2 is 1.74 bits per heavy atom. The molecule has 0 fully saturated rings. The summed E-state index contributed by atoms with van der Waals surface area (Å²) in [7, 11) is 0. The van der Waals surface area contributed by atoms with Gasteiger partial charge in [-0.1, -0.05) is 58.0 Å². The minimum absolute atomic E-state index is 0.127. The van der Waals surface area contributed by atoms with E-state index in [0.717, 1.165) is 40.4 Å². The van der Waals surface area contributed by atoms with Crippen LogP contribution in [0.2, 0.25) is 0 Å². The summed E-state index contributed by atoms with van der Waals surface area (Å²) < 4.78 is 0. The minimum atomic E-state index is 0.127. The van der Waals surface area contributed by atoms with Crippen molar-refractivity contribution in [2.75, 3.05) is 0 Å². The maximum absolute atomic E-state index is 11.7. The fraction of sp³-hybridized carbons (Fsp3) is 0.286. The van der Waals surface area contributed by atoms with E-state index in [0.29, 0.717) is 0 Å². The number of carbonyl (C=O) groups excluding carboxylic acids is 1. The maximum Gasteiger partial charge on any atom is 0.152 e. The number of fused-ring (bicyclic) bond motifs is 1. The predicted molar refractivity (Wildman–Crippen MR) is 97.2 cm³/mol. The zero-order chi connectivity index (χ0) is 16.6. The van der Waals surface area contributed by atoms with Crippen molar-refractivity contribution in [1.82, 2.24) is 4.98 Å². The number of hydrogen-bond acceptors (Lipinski definition) is 1. The van der Waals surface area contributed by atoms with E-state index in [1.165, 1.54) is 11.1 Å². The van der Waals surface area contributed by atoms with Gasteiger partial charge in [0, 0.05) is 16.5 Å². The van der Waals surface area contributed by atoms with Crippen LogP contribution < -0.4 is 0 Å². The van der Waals surface area contributed by atoms with E-state index in [1.807, 2.05) is 0 Å². The summed E-state index contributed by atoms with van der Waals surface area (Å²) >= 11 is 0. The van der Waals surface area contributed by atoms with Crippen LogP contribution in [0, 0.1) is 0 Å². The smallest absolute Gasteiger partial charge is 0.152 e. The second kappa shape index (κ2) is 5.69. The molecule has 0 amide bonds. The lowest BCUT2D eigenvalue weighted by atomic mass is 9.86. The van der Waals surface area contributed by atoms with Crippen molar-refractivity contribution in [3.8, 4) is 11.3 Å². The monoisotopic (exact) mass is 305 g/mol. The van der Waals surface area contributed by atoms with Crippen molar-refractivity contribution in [2.45, 2.75) is 39.5 Å². The Balaban J connectivity index is 2.14. The third-order valence-electron chi connectivity index (χ3n) is 4.47. The molecule has 2 aromatic carbocycles. The molecule has 0 saturated heterocycles. The Hall–Kier alpha value is -2.35. The largest absolute Gasteiger partial charge is 0.354 e. The van der Waals surface area contributed by atoms with Gasteiger partial charge in [0.25, 0.3) is 0 Å². The summed E-state index contributed by atoms with van der Waals surface area (Å²) in [5.41, 5.74) is 6.38. The molecule has 0 radical (unpaired) electrons. The number of carbonyl (C=O) groups is 1. The molecule has 0 atom stereocenters. The van der Waals surface area contributed by atoms with Gasteiger partial charge in [-0.2, -0.15) is 0 Å². The van der Waals surface area contributed by atoms with Crippen molar-refractivity contribution < 1.29 is 4.79 Å². The van der Waals surface area contributed by atoms with Gasteiger partial charge in [-0.3, -0.25) is 4.79 Å². The van der Waals surface area contributed by atoms with E-state index in [4.69, 9.17) is 0 Å². The van der Waals surface area contributed by atoms with Crippen LogP contribution in [0.1, 0.15) is 49.2 Å². The molecule has 118 valence electrons. The molecule has 1 heterocycles. The molecule has 0 aliphatic heterocycles. The lowest BCUT2D eigenvalue weighted by molar-refractivity contribution is 0.112. The quantitative estimate of drug-likeness (QED) is 0.636. The van der Waals surface area contributed by atoms with Gasteiger partial charge in [0.15, 0.2) is 6.29 Å². The Kier molecular flexibility index (Phi) is 3.85. The van der Waals surface area contributed by atoms with Gasteiger partial charge >= 0.3 is 0 Å². The van der Waals surface area contributed by atoms with Crippen LogP contribution in [0.4, 0.5) is 0 Å². The standard InChI is InChI=1S/C21H23NO/c1-5-14-6-11-19-17(12-14)18(13-23)20(22-19)15-7-9-16(10-8-15)21(2,3)4/h6-13,22H,5H2,1-4H3. The van der Waals surface area contributed by atoms with E-state index < -0.39 is 0 Å². The Morgan fingerprint density at radius 1 is 1.04 bits per heavy atom. The average molecular weight is 305 g/mol. The van der Waals surface area contributed by atoms with E-state index in [2.05, 4.69) is 75.1 Å². The van der Waals surface area contributed by atoms with Gasteiger partial charge < -0.3 is 4.98 Å². The summed E-state index contributed by atoms with van der Waals surface area (Å²) in [4.78, 5) is 15.1. The van der Waals surface area contributed by atoms with Crippen LogP contribution in [0.15, 0.2) is 42.5 Å². The molecule has 0 unspecified atom stereocenters. The first kappa shape index (κ1) is 15.5. The number of aldehydes is 1. The Morgan fingerprint density at radius 3 is 2.30 bits per heavy atom. The predicted octanol–water partition coefficient (Wildman–Crippen LogP) is 5.51. The van der Waals surface area contributed by atoms with Crippen LogP contribution in [0.3, 0.4) is 0 Å². The van der Waals surface area contributed by atoms with Crippen LogP contribution in [-0.4, -0.2) is 11.3 Å². The highest BCUT2D eigenvalue weighted by Crippen LogP contribution is 2.31. The highest BCUT2D eigenvalue weighted by atomic mass is 16.1. The molecule has 1 aromatic heterocycles. The molecule has 2 nitrogen and oxygen atoms in total. The lowest BCUT2D eigenvalue weighted by Gasteiger charge is -2.19. The molecule has 1 N–H and O–H groups in total. The number of aryl methyl sites for hydroxylation is 1. The molecular weight excluding hydrogens is 282 g/mol. The van der Waals surface area contributed by atoms with Crippen molar-refractivity contribution in [3.05, 3.63) is 59.2 Å². The third-order valence-corrected chi connectivity index (χ3v) is 4.47. The number of nitrogens with one attached hydrogen (secondary N) is 1. The number of hydrogen-bond donors (Lipinski definition) is 1. The summed E-state index contributed by atoms with van der Waals surface area (Å²) in [6.07, 6.45) is 1.93. The van der Waals surface area contributed by atoms with Crippen LogP contribution in [-0.2, 0) is 11.8 Å². The zero-order valence-electron chi connectivity index (χ0n) is 14.2. The van der Waals surface area contributed by atoms with Crippen LogP contribution in [0.5, 0.6) is 0 Å². The molecule has 0 aliphatic rings. The van der Waals surface area contributed by atoms with Gasteiger partial charge in [0.2, 0.25) is 0 Å². The van der Waals surface area contributed by atoms with Gasteiger partial charge in [-0.05, 0) is 40.7 Å². The van der Waals surface area contributed by atoms with E-state index >= 15 is 0 Å². The van der Waals surface area contributed by atoms with Crippen LogP contribution in [0.25, 0.3) is 22.2 Å². The number of benzene rings is 2. The molecule has 0 bridgehead atoms. The van der Waals surface area contributed by atoms with Gasteiger partial charge in [0.1, 0.15) is 0 Å². The minimum Gasteiger partial charge on any atom is -0.354 e. The summed E-state index contributed by atoms with van der Waals surface area (Å²) in [5.74, 6) is 0. The molecule has 3 rings (SSSR count).